The van der Waals surface area contributed by atoms with Crippen LogP contribution in [-0.2, 0) is 9.59 Å². The Morgan fingerprint density at radius 3 is 2.46 bits per heavy atom. The van der Waals surface area contributed by atoms with E-state index in [1.165, 1.54) is 5.56 Å². The largest absolute Gasteiger partial charge is 0.331 e. The van der Waals surface area contributed by atoms with E-state index >= 15 is 0 Å². The van der Waals surface area contributed by atoms with Crippen molar-refractivity contribution in [3.8, 4) is 0 Å². The molecule has 4 nitrogen and oxygen atoms in total. The molecule has 5 rings (SSSR count). The fraction of sp³-hybridized carbons (Fsp3) is 0.600. The molecule has 3 atom stereocenters. The first kappa shape index (κ1) is 15.8. The second kappa shape index (κ2) is 6.32. The van der Waals surface area contributed by atoms with Crippen LogP contribution in [0.4, 0.5) is 0 Å². The lowest BCUT2D eigenvalue weighted by Crippen LogP contribution is -2.61. The van der Waals surface area contributed by atoms with Gasteiger partial charge in [-0.1, -0.05) is 37.3 Å². The highest BCUT2D eigenvalue weighted by atomic mass is 16.2. The molecule has 4 fully saturated rings. The highest BCUT2D eigenvalue weighted by Crippen LogP contribution is 2.46. The standard InChI is InChI=1S/C20H26N2O2/c1-2-6-17(23)20(24)22-13-16(14-7-4-3-5-8-14)19-18(22)15-9-11-21(19)12-10-15/h3-5,7-8,15-16,18-19H,2,6,9-13H2,1H3/t16-,18-,19-/m1/s1. The van der Waals surface area contributed by atoms with Gasteiger partial charge in [0.1, 0.15) is 0 Å². The molecule has 0 spiro atoms. The van der Waals surface area contributed by atoms with Crippen molar-refractivity contribution in [3.05, 3.63) is 35.9 Å². The number of carbonyl (C=O) groups is 2. The summed E-state index contributed by atoms with van der Waals surface area (Å²) in [4.78, 5) is 29.6. The van der Waals surface area contributed by atoms with Gasteiger partial charge in [-0.15, -0.1) is 0 Å². The molecule has 4 aliphatic heterocycles. The van der Waals surface area contributed by atoms with E-state index in [0.29, 0.717) is 30.8 Å². The van der Waals surface area contributed by atoms with Crippen LogP contribution in [0.2, 0.25) is 0 Å². The molecule has 4 heteroatoms. The van der Waals surface area contributed by atoms with Crippen LogP contribution in [0.3, 0.4) is 0 Å². The molecule has 0 aliphatic carbocycles. The lowest BCUT2D eigenvalue weighted by atomic mass is 9.75. The molecule has 4 saturated heterocycles. The van der Waals surface area contributed by atoms with Crippen molar-refractivity contribution < 1.29 is 9.59 Å². The number of amides is 1. The summed E-state index contributed by atoms with van der Waals surface area (Å²) in [5, 5.41) is 0. The lowest BCUT2D eigenvalue weighted by Gasteiger charge is -2.51. The minimum Gasteiger partial charge on any atom is -0.331 e. The smallest absolute Gasteiger partial charge is 0.290 e. The number of fused-ring (bicyclic) bond motifs is 2. The Balaban J connectivity index is 1.66. The Morgan fingerprint density at radius 1 is 1.08 bits per heavy atom. The SMILES string of the molecule is CCCC(=O)C(=O)N1C[C@H](c2ccccc2)[C@@H]2[C@H]1C1CCN2CC1. The molecule has 4 heterocycles. The highest BCUT2D eigenvalue weighted by molar-refractivity contribution is 6.36. The van der Waals surface area contributed by atoms with Gasteiger partial charge in [-0.3, -0.25) is 14.5 Å². The zero-order valence-corrected chi connectivity index (χ0v) is 14.4. The third-order valence-corrected chi connectivity index (χ3v) is 6.20. The molecule has 4 aliphatic rings. The molecule has 1 aromatic carbocycles. The number of likely N-dealkylation sites (tertiary alicyclic amines) is 1. The maximum absolute atomic E-state index is 12.8. The Hall–Kier alpha value is -1.68. The number of ketones is 1. The monoisotopic (exact) mass is 326 g/mol. The number of Topliss-reactive ketones (excluding diaryl/α,β-unsaturated/α-hetero) is 1. The van der Waals surface area contributed by atoms with Crippen molar-refractivity contribution in [2.24, 2.45) is 5.92 Å². The van der Waals surface area contributed by atoms with E-state index < -0.39 is 0 Å². The van der Waals surface area contributed by atoms with E-state index in [1.807, 2.05) is 17.9 Å². The number of hydrogen-bond donors (Lipinski definition) is 0. The molecule has 1 aromatic rings. The minimum atomic E-state index is -0.237. The van der Waals surface area contributed by atoms with Gasteiger partial charge in [0.2, 0.25) is 5.78 Å². The molecule has 0 saturated carbocycles. The normalized spacial score (nSPS) is 34.2. The second-order valence-corrected chi connectivity index (χ2v) is 7.50. The van der Waals surface area contributed by atoms with Crippen LogP contribution in [0.25, 0.3) is 0 Å². The fourth-order valence-corrected chi connectivity index (χ4v) is 5.14. The first-order chi connectivity index (χ1) is 11.7. The number of carbonyl (C=O) groups excluding carboxylic acids is 2. The van der Waals surface area contributed by atoms with Crippen LogP contribution in [0, 0.1) is 5.92 Å². The molecular weight excluding hydrogens is 300 g/mol. The lowest BCUT2D eigenvalue weighted by molar-refractivity contribution is -0.147. The van der Waals surface area contributed by atoms with E-state index in [0.717, 1.165) is 32.4 Å². The van der Waals surface area contributed by atoms with Crippen LogP contribution in [0.15, 0.2) is 30.3 Å². The summed E-state index contributed by atoms with van der Waals surface area (Å²) in [6.45, 7) is 4.93. The van der Waals surface area contributed by atoms with Crippen LogP contribution < -0.4 is 0 Å². The minimum absolute atomic E-state index is 0.207. The van der Waals surface area contributed by atoms with Gasteiger partial charge in [0.05, 0.1) is 6.04 Å². The highest BCUT2D eigenvalue weighted by Gasteiger charge is 2.55. The summed E-state index contributed by atoms with van der Waals surface area (Å²) in [5.74, 6) is 0.449. The average molecular weight is 326 g/mol. The van der Waals surface area contributed by atoms with Gasteiger partial charge < -0.3 is 4.90 Å². The number of piperidine rings is 3. The first-order valence-electron chi connectivity index (χ1n) is 9.33. The topological polar surface area (TPSA) is 40.6 Å². The Bertz CT molecular complexity index is 622. The van der Waals surface area contributed by atoms with Crippen LogP contribution in [0.1, 0.15) is 44.1 Å². The van der Waals surface area contributed by atoms with E-state index in [1.54, 1.807) is 0 Å². The Kier molecular flexibility index (Phi) is 4.17. The number of hydrogen-bond acceptors (Lipinski definition) is 3. The molecule has 24 heavy (non-hydrogen) atoms. The molecule has 2 bridgehead atoms. The Labute approximate surface area is 143 Å². The van der Waals surface area contributed by atoms with Gasteiger partial charge >= 0.3 is 0 Å². The summed E-state index contributed by atoms with van der Waals surface area (Å²) in [6.07, 6.45) is 3.43. The van der Waals surface area contributed by atoms with Crippen molar-refractivity contribution in [2.45, 2.75) is 50.6 Å². The molecule has 0 unspecified atom stereocenters. The van der Waals surface area contributed by atoms with E-state index in [9.17, 15) is 9.59 Å². The van der Waals surface area contributed by atoms with Gasteiger partial charge in [0.25, 0.3) is 5.91 Å². The van der Waals surface area contributed by atoms with Gasteiger partial charge in [0, 0.05) is 24.9 Å². The quantitative estimate of drug-likeness (QED) is 0.798. The van der Waals surface area contributed by atoms with Crippen molar-refractivity contribution in [2.75, 3.05) is 19.6 Å². The summed E-state index contributed by atoms with van der Waals surface area (Å²) in [6, 6.07) is 11.2. The Morgan fingerprint density at radius 2 is 1.79 bits per heavy atom. The predicted molar refractivity (Wildman–Crippen MR) is 92.7 cm³/mol. The van der Waals surface area contributed by atoms with Crippen LogP contribution in [-0.4, -0.2) is 53.2 Å². The summed E-state index contributed by atoms with van der Waals surface area (Å²) >= 11 is 0. The maximum Gasteiger partial charge on any atom is 0.290 e. The molecular formula is C20H26N2O2. The third kappa shape index (κ3) is 2.48. The fourth-order valence-electron chi connectivity index (χ4n) is 5.14. The maximum atomic E-state index is 12.8. The van der Waals surface area contributed by atoms with Gasteiger partial charge in [0.15, 0.2) is 0 Å². The second-order valence-electron chi connectivity index (χ2n) is 7.50. The molecule has 0 N–H and O–H groups in total. The summed E-state index contributed by atoms with van der Waals surface area (Å²) in [7, 11) is 0. The van der Waals surface area contributed by atoms with Crippen LogP contribution >= 0.6 is 0 Å². The number of benzene rings is 1. The summed E-state index contributed by atoms with van der Waals surface area (Å²) < 4.78 is 0. The third-order valence-electron chi connectivity index (χ3n) is 6.20. The molecule has 0 radical (unpaired) electrons. The van der Waals surface area contributed by atoms with Gasteiger partial charge in [-0.05, 0) is 43.8 Å². The molecule has 0 aromatic heterocycles. The van der Waals surface area contributed by atoms with E-state index in [-0.39, 0.29) is 17.7 Å². The van der Waals surface area contributed by atoms with Crippen LogP contribution in [0.5, 0.6) is 0 Å². The zero-order valence-electron chi connectivity index (χ0n) is 14.4. The zero-order chi connectivity index (χ0) is 16.7. The van der Waals surface area contributed by atoms with E-state index in [4.69, 9.17) is 0 Å². The molecule has 128 valence electrons. The first-order valence-corrected chi connectivity index (χ1v) is 9.33. The van der Waals surface area contributed by atoms with Crippen molar-refractivity contribution in [1.29, 1.82) is 0 Å². The van der Waals surface area contributed by atoms with Gasteiger partial charge in [-0.25, -0.2) is 0 Å². The van der Waals surface area contributed by atoms with E-state index in [2.05, 4.69) is 29.2 Å². The summed E-state index contributed by atoms with van der Waals surface area (Å²) in [5.41, 5.74) is 1.30. The predicted octanol–water partition coefficient (Wildman–Crippen LogP) is 2.44. The van der Waals surface area contributed by atoms with Crippen molar-refractivity contribution in [1.82, 2.24) is 9.80 Å². The number of nitrogens with zero attached hydrogens (tertiary/aromatic N) is 2. The molecule has 1 amide bonds. The van der Waals surface area contributed by atoms with Crippen molar-refractivity contribution >= 4 is 11.7 Å². The van der Waals surface area contributed by atoms with Gasteiger partial charge in [-0.2, -0.15) is 0 Å². The average Bonchev–Trinajstić information content (AvgIpc) is 3.06. The van der Waals surface area contributed by atoms with Crippen molar-refractivity contribution in [3.63, 3.8) is 0 Å². The number of rotatable bonds is 4.